The lowest BCUT2D eigenvalue weighted by Crippen LogP contribution is -2.47. The Morgan fingerprint density at radius 1 is 1.12 bits per heavy atom. The Kier molecular flexibility index (Phi) is 7.42. The van der Waals surface area contributed by atoms with Gasteiger partial charge in [-0.05, 0) is 37.1 Å². The van der Waals surface area contributed by atoms with E-state index in [-0.39, 0.29) is 42.6 Å². The highest BCUT2D eigenvalue weighted by molar-refractivity contribution is 5.91. The Hall–Kier alpha value is -3.75. The third-order valence-corrected chi connectivity index (χ3v) is 7.18. The molecule has 2 aliphatic heterocycles. The summed E-state index contributed by atoms with van der Waals surface area (Å²) in [5.74, 6) is -0.576. The monoisotopic (exact) mass is 568 g/mol. The second-order valence-electron chi connectivity index (χ2n) is 9.91. The van der Waals surface area contributed by atoms with Crippen molar-refractivity contribution < 1.29 is 26.7 Å². The van der Waals surface area contributed by atoms with Gasteiger partial charge in [0.1, 0.15) is 12.2 Å². The molecule has 2 N–H and O–H groups in total. The molecule has 2 fully saturated rings. The van der Waals surface area contributed by atoms with Crippen LogP contribution in [0.25, 0.3) is 5.78 Å². The first-order valence-electron chi connectivity index (χ1n) is 13.0. The zero-order valence-electron chi connectivity index (χ0n) is 21.9. The third kappa shape index (κ3) is 5.21. The summed E-state index contributed by atoms with van der Waals surface area (Å²) in [5, 5.41) is 10.1. The fourth-order valence-electron chi connectivity index (χ4n) is 5.14. The van der Waals surface area contributed by atoms with Gasteiger partial charge in [-0.15, -0.1) is 5.10 Å². The number of piperazine rings is 1. The number of halogens is 5. The summed E-state index contributed by atoms with van der Waals surface area (Å²) in [5.41, 5.74) is 0.00683. The van der Waals surface area contributed by atoms with Crippen molar-refractivity contribution in [1.82, 2.24) is 24.5 Å². The molecule has 0 radical (unpaired) electrons. The molecule has 5 rings (SSSR count). The number of carbonyl (C=O) groups is 1. The lowest BCUT2D eigenvalue weighted by atomic mass is 10.1. The first-order valence-corrected chi connectivity index (χ1v) is 13.0. The maximum absolute atomic E-state index is 13.9. The molecule has 10 nitrogen and oxygen atoms in total. The molecular weight excluding hydrogens is 539 g/mol. The summed E-state index contributed by atoms with van der Waals surface area (Å²) < 4.78 is 69.6. The molecule has 2 saturated heterocycles. The largest absolute Gasteiger partial charge is 0.416 e. The highest BCUT2D eigenvalue weighted by Crippen LogP contribution is 2.32. The second kappa shape index (κ2) is 10.7. The molecule has 2 atom stereocenters. The average molecular weight is 569 g/mol. The van der Waals surface area contributed by atoms with Crippen LogP contribution < -0.4 is 26.0 Å². The number of carbonyl (C=O) groups excluding carboxylic acids is 1. The van der Waals surface area contributed by atoms with Crippen LogP contribution in [0.1, 0.15) is 23.7 Å². The minimum Gasteiger partial charge on any atom is -0.363 e. The molecule has 4 heterocycles. The molecule has 2 aliphatic rings. The second-order valence-corrected chi connectivity index (χ2v) is 9.91. The highest BCUT2D eigenvalue weighted by atomic mass is 19.4. The Labute approximate surface area is 225 Å². The van der Waals surface area contributed by atoms with Crippen LogP contribution in [0.15, 0.2) is 23.0 Å². The predicted octanol–water partition coefficient (Wildman–Crippen LogP) is 2.33. The number of fused-ring (bicyclic) bond motifs is 1. The van der Waals surface area contributed by atoms with Crippen molar-refractivity contribution >= 4 is 29.0 Å². The number of aromatic nitrogens is 4. The fourth-order valence-corrected chi connectivity index (χ4v) is 5.14. The molecule has 0 saturated carbocycles. The van der Waals surface area contributed by atoms with E-state index in [1.807, 2.05) is 11.8 Å². The third-order valence-electron chi connectivity index (χ3n) is 7.18. The van der Waals surface area contributed by atoms with Crippen molar-refractivity contribution in [2.45, 2.75) is 45.3 Å². The van der Waals surface area contributed by atoms with Crippen molar-refractivity contribution in [2.75, 3.05) is 54.4 Å². The van der Waals surface area contributed by atoms with Gasteiger partial charge in [0, 0.05) is 31.9 Å². The SMILES string of the molecule is CCc1c(N2CCNCC2)c(=O)n2nc(N3C[C@@H](F)[C@@H](F)C3)nc2n1CC(=O)Nc1ccc(C(F)(F)F)cc1C. The van der Waals surface area contributed by atoms with Crippen LogP contribution in [0.3, 0.4) is 0 Å². The lowest BCUT2D eigenvalue weighted by Gasteiger charge is -2.31. The number of benzene rings is 1. The lowest BCUT2D eigenvalue weighted by molar-refractivity contribution is -0.137. The van der Waals surface area contributed by atoms with Crippen LogP contribution in [-0.4, -0.2) is 76.7 Å². The molecule has 40 heavy (non-hydrogen) atoms. The van der Waals surface area contributed by atoms with E-state index in [9.17, 15) is 31.5 Å². The van der Waals surface area contributed by atoms with E-state index in [2.05, 4.69) is 20.7 Å². The van der Waals surface area contributed by atoms with Crippen LogP contribution in [0.2, 0.25) is 0 Å². The molecular formula is C25H29F5N8O2. The zero-order valence-corrected chi connectivity index (χ0v) is 21.9. The van der Waals surface area contributed by atoms with E-state index < -0.39 is 35.5 Å². The predicted molar refractivity (Wildman–Crippen MR) is 139 cm³/mol. The number of anilines is 3. The standard InChI is InChI=1S/C25H29F5N8O2/c1-3-19-21(35-8-6-31-7-9-35)22(40)38-24(33-23(34-38)36-11-16(26)17(27)12-36)37(19)13-20(39)32-18-5-4-15(10-14(18)2)25(28,29)30/h4-5,10,16-17,31H,3,6-9,11-13H2,1-2H3,(H,32,39)/t16-,17+. The van der Waals surface area contributed by atoms with Gasteiger partial charge >= 0.3 is 6.18 Å². The van der Waals surface area contributed by atoms with Gasteiger partial charge < -0.3 is 25.0 Å². The van der Waals surface area contributed by atoms with Crippen molar-refractivity contribution in [2.24, 2.45) is 0 Å². The van der Waals surface area contributed by atoms with Gasteiger partial charge in [-0.3, -0.25) is 9.59 Å². The van der Waals surface area contributed by atoms with Gasteiger partial charge in [0.2, 0.25) is 17.6 Å². The first kappa shape index (κ1) is 27.8. The van der Waals surface area contributed by atoms with E-state index in [0.717, 1.165) is 16.6 Å². The summed E-state index contributed by atoms with van der Waals surface area (Å²) in [7, 11) is 0. The Morgan fingerprint density at radius 3 is 2.40 bits per heavy atom. The number of hydrogen-bond acceptors (Lipinski definition) is 7. The number of hydrogen-bond donors (Lipinski definition) is 2. The average Bonchev–Trinajstić information content (AvgIpc) is 3.50. The maximum Gasteiger partial charge on any atom is 0.416 e. The van der Waals surface area contributed by atoms with E-state index >= 15 is 0 Å². The number of aryl methyl sites for hydroxylation is 1. The van der Waals surface area contributed by atoms with Crippen LogP contribution in [0.4, 0.5) is 39.3 Å². The fraction of sp³-hybridized carbons (Fsp3) is 0.520. The first-order chi connectivity index (χ1) is 19.0. The molecule has 1 aromatic carbocycles. The Morgan fingerprint density at radius 2 is 1.80 bits per heavy atom. The Balaban J connectivity index is 1.55. The molecule has 0 aliphatic carbocycles. The minimum absolute atomic E-state index is 0.0211. The van der Waals surface area contributed by atoms with Gasteiger partial charge in [-0.2, -0.15) is 22.7 Å². The maximum atomic E-state index is 13.9. The molecule has 15 heteroatoms. The van der Waals surface area contributed by atoms with Gasteiger partial charge in [0.05, 0.1) is 24.3 Å². The summed E-state index contributed by atoms with van der Waals surface area (Å²) in [6.45, 7) is 4.75. The highest BCUT2D eigenvalue weighted by Gasteiger charge is 2.36. The summed E-state index contributed by atoms with van der Waals surface area (Å²) in [4.78, 5) is 34.5. The summed E-state index contributed by atoms with van der Waals surface area (Å²) in [6, 6.07) is 3.02. The minimum atomic E-state index is -4.52. The molecule has 2 aromatic heterocycles. The van der Waals surface area contributed by atoms with Gasteiger partial charge in [-0.1, -0.05) is 6.92 Å². The number of nitrogens with zero attached hydrogens (tertiary/aromatic N) is 6. The van der Waals surface area contributed by atoms with Gasteiger partial charge in [0.15, 0.2) is 12.3 Å². The number of nitrogens with one attached hydrogen (secondary N) is 2. The van der Waals surface area contributed by atoms with E-state index in [1.54, 1.807) is 0 Å². The topological polar surface area (TPSA) is 99.8 Å². The van der Waals surface area contributed by atoms with Crippen LogP contribution >= 0.6 is 0 Å². The molecule has 0 unspecified atom stereocenters. The van der Waals surface area contributed by atoms with Crippen LogP contribution in [-0.2, 0) is 23.9 Å². The van der Waals surface area contributed by atoms with Crippen LogP contribution in [0.5, 0.6) is 0 Å². The van der Waals surface area contributed by atoms with Gasteiger partial charge in [-0.25, -0.2) is 8.78 Å². The van der Waals surface area contributed by atoms with E-state index in [0.29, 0.717) is 44.0 Å². The smallest absolute Gasteiger partial charge is 0.363 e. The van der Waals surface area contributed by atoms with Crippen LogP contribution in [0, 0.1) is 6.92 Å². The summed E-state index contributed by atoms with van der Waals surface area (Å²) >= 11 is 0. The number of amides is 1. The molecule has 1 amide bonds. The number of rotatable bonds is 6. The van der Waals surface area contributed by atoms with E-state index in [4.69, 9.17) is 0 Å². The molecule has 216 valence electrons. The van der Waals surface area contributed by atoms with Gasteiger partial charge in [0.25, 0.3) is 5.56 Å². The summed E-state index contributed by atoms with van der Waals surface area (Å²) in [6.07, 6.45) is -7.60. The van der Waals surface area contributed by atoms with Crippen molar-refractivity contribution in [3.63, 3.8) is 0 Å². The quantitative estimate of drug-likeness (QED) is 0.441. The molecule has 0 bridgehead atoms. The molecule has 0 spiro atoms. The van der Waals surface area contributed by atoms with E-state index in [1.165, 1.54) is 22.5 Å². The number of alkyl halides is 5. The normalized spacial score (nSPS) is 20.0. The molecule has 3 aromatic rings. The van der Waals surface area contributed by atoms with Crippen molar-refractivity contribution in [1.29, 1.82) is 0 Å². The van der Waals surface area contributed by atoms with Crippen molar-refractivity contribution in [3.8, 4) is 0 Å². The van der Waals surface area contributed by atoms with Crippen molar-refractivity contribution in [3.05, 3.63) is 45.4 Å². The Bertz CT molecular complexity index is 1470. The zero-order chi connectivity index (χ0) is 28.8.